The van der Waals surface area contributed by atoms with Crippen LogP contribution in [0.15, 0.2) is 60.7 Å². The van der Waals surface area contributed by atoms with Gasteiger partial charge in [0.1, 0.15) is 5.70 Å². The molecule has 4 nitrogen and oxygen atoms in total. The lowest BCUT2D eigenvalue weighted by Crippen LogP contribution is -2.55. The highest BCUT2D eigenvalue weighted by Crippen LogP contribution is 2.41. The molecule has 0 unspecified atom stereocenters. The van der Waals surface area contributed by atoms with Crippen molar-refractivity contribution in [2.75, 3.05) is 0 Å². The summed E-state index contributed by atoms with van der Waals surface area (Å²) in [6.45, 7) is 5.41. The van der Waals surface area contributed by atoms with Crippen LogP contribution in [0.2, 0.25) is 0 Å². The lowest BCUT2D eigenvalue weighted by Gasteiger charge is -2.49. The molecule has 3 rings (SSSR count). The highest BCUT2D eigenvalue weighted by Gasteiger charge is 2.48. The predicted octanol–water partition coefficient (Wildman–Crippen LogP) is 4.27. The van der Waals surface area contributed by atoms with Crippen molar-refractivity contribution in [3.8, 4) is 0 Å². The van der Waals surface area contributed by atoms with Crippen molar-refractivity contribution < 1.29 is 4.76 Å². The van der Waals surface area contributed by atoms with Gasteiger partial charge < -0.3 is 10.3 Å². The van der Waals surface area contributed by atoms with Gasteiger partial charge >= 0.3 is 0 Å². The molecule has 0 fully saturated rings. The highest BCUT2D eigenvalue weighted by molar-refractivity contribution is 5.87. The van der Waals surface area contributed by atoms with Crippen LogP contribution >= 0.6 is 0 Å². The molecule has 2 aromatic carbocycles. The van der Waals surface area contributed by atoms with Crippen LogP contribution in [0, 0.1) is 10.1 Å². The lowest BCUT2D eigenvalue weighted by atomic mass is 9.88. The third kappa shape index (κ3) is 2.45. The van der Waals surface area contributed by atoms with Gasteiger partial charge in [-0.2, -0.15) is 0 Å². The van der Waals surface area contributed by atoms with E-state index in [0.29, 0.717) is 11.4 Å². The highest BCUT2D eigenvalue weighted by atomic mass is 16.5. The van der Waals surface area contributed by atoms with Gasteiger partial charge in [-0.15, -0.1) is 0 Å². The second-order valence-corrected chi connectivity index (χ2v) is 6.38. The monoisotopic (exact) mass is 308 g/mol. The van der Waals surface area contributed by atoms with Gasteiger partial charge in [0.2, 0.25) is 6.04 Å². The summed E-state index contributed by atoms with van der Waals surface area (Å²) >= 11 is 0. The van der Waals surface area contributed by atoms with Crippen molar-refractivity contribution >= 4 is 11.4 Å². The summed E-state index contributed by atoms with van der Waals surface area (Å²) in [6, 6.07) is 18.3. The van der Waals surface area contributed by atoms with Crippen LogP contribution in [0.4, 0.5) is 0 Å². The van der Waals surface area contributed by atoms with E-state index >= 15 is 0 Å². The fraction of sp³-hybridized carbons (Fsp3) is 0.263. The van der Waals surface area contributed by atoms with E-state index in [9.17, 15) is 10.1 Å². The number of nitrogens with zero attached hydrogens (tertiary/aromatic N) is 2. The molecule has 118 valence electrons. The molecule has 1 atom stereocenters. The van der Waals surface area contributed by atoms with E-state index in [0.717, 1.165) is 21.0 Å². The summed E-state index contributed by atoms with van der Waals surface area (Å²) in [7, 11) is 0. The quantitative estimate of drug-likeness (QED) is 0.778. The summed E-state index contributed by atoms with van der Waals surface area (Å²) in [5.74, 6) is 0. The second kappa shape index (κ2) is 5.63. The predicted molar refractivity (Wildman–Crippen MR) is 92.1 cm³/mol. The maximum Gasteiger partial charge on any atom is 0.286 e. The molecule has 2 aromatic rings. The Bertz CT molecular complexity index is 751. The molecule has 0 radical (unpaired) electrons. The summed E-state index contributed by atoms with van der Waals surface area (Å²) in [5, 5.41) is 14.1. The lowest BCUT2D eigenvalue weighted by molar-refractivity contribution is -0.514. The smallest absolute Gasteiger partial charge is 0.286 e. The van der Waals surface area contributed by atoms with E-state index in [1.165, 1.54) is 0 Å². The number of hydrogen-bond donors (Lipinski definition) is 0. The second-order valence-electron chi connectivity index (χ2n) is 6.38. The number of hydroxylamine groups is 2. The van der Waals surface area contributed by atoms with E-state index in [4.69, 9.17) is 0 Å². The Labute approximate surface area is 136 Å². The van der Waals surface area contributed by atoms with Crippen molar-refractivity contribution in [2.24, 2.45) is 0 Å². The zero-order chi connectivity index (χ0) is 16.6. The molecule has 1 aliphatic rings. The summed E-state index contributed by atoms with van der Waals surface area (Å²) in [5.41, 5.74) is 1.55. The Morgan fingerprint density at radius 3 is 1.96 bits per heavy atom. The van der Waals surface area contributed by atoms with Gasteiger partial charge in [0.15, 0.2) is 0 Å². The molecule has 0 bridgehead atoms. The van der Waals surface area contributed by atoms with Gasteiger partial charge in [-0.3, -0.25) is 0 Å². The van der Waals surface area contributed by atoms with Gasteiger partial charge in [-0.05, 0) is 26.0 Å². The van der Waals surface area contributed by atoms with Crippen LogP contribution in [0.3, 0.4) is 0 Å². The van der Waals surface area contributed by atoms with E-state index in [2.05, 4.69) is 0 Å². The van der Waals surface area contributed by atoms with Crippen LogP contribution in [0.1, 0.15) is 31.9 Å². The number of benzene rings is 2. The zero-order valence-electron chi connectivity index (χ0n) is 13.6. The van der Waals surface area contributed by atoms with Crippen molar-refractivity contribution in [1.82, 2.24) is 5.06 Å². The topological polar surface area (TPSA) is 46.4 Å². The summed E-state index contributed by atoms with van der Waals surface area (Å²) in [6.07, 6.45) is 0. The molecule has 1 heterocycles. The zero-order valence-corrected chi connectivity index (χ0v) is 13.6. The standard InChI is InChI=1S/C19H20N2O2/c1-14-19(2,3)21(23)18(16-12-8-5-9-13-16)17(20(14)22)15-10-6-4-7-11-15/h4-14H,1-3H3/t14-/m0/s1. The molecule has 0 spiro atoms. The molecule has 0 saturated heterocycles. The van der Waals surface area contributed by atoms with Gasteiger partial charge in [0.05, 0.1) is 11.1 Å². The number of nitroso groups, excluding NO2 is 1. The first-order valence-corrected chi connectivity index (χ1v) is 7.73. The van der Waals surface area contributed by atoms with Gasteiger partial charge in [0.25, 0.3) is 5.70 Å². The van der Waals surface area contributed by atoms with Crippen molar-refractivity contribution in [3.05, 3.63) is 81.9 Å². The molecule has 1 aliphatic heterocycles. The van der Waals surface area contributed by atoms with Crippen LogP contribution in [-0.4, -0.2) is 21.4 Å². The van der Waals surface area contributed by atoms with Gasteiger partial charge in [-0.1, -0.05) is 48.5 Å². The maximum atomic E-state index is 13.1. The molecule has 0 aliphatic carbocycles. The SMILES string of the molecule is C[C@@H]1[N+](=O)C(c2ccccc2)=C(c2ccccc2)N([O-])C1(C)C. The van der Waals surface area contributed by atoms with Crippen molar-refractivity contribution in [2.45, 2.75) is 32.4 Å². The largest absolute Gasteiger partial charge is 0.758 e. The Morgan fingerprint density at radius 1 is 0.957 bits per heavy atom. The van der Waals surface area contributed by atoms with Crippen LogP contribution in [0.25, 0.3) is 11.4 Å². The van der Waals surface area contributed by atoms with Crippen LogP contribution in [0.5, 0.6) is 0 Å². The molecule has 4 heteroatoms. The molecule has 0 amide bonds. The van der Waals surface area contributed by atoms with E-state index in [1.807, 2.05) is 60.7 Å². The first-order valence-electron chi connectivity index (χ1n) is 7.73. The minimum atomic E-state index is -0.814. The van der Waals surface area contributed by atoms with E-state index in [-0.39, 0.29) is 0 Å². The molecule has 0 aromatic heterocycles. The van der Waals surface area contributed by atoms with Crippen LogP contribution < -0.4 is 0 Å². The molecule has 23 heavy (non-hydrogen) atoms. The van der Waals surface area contributed by atoms with Gasteiger partial charge in [-0.25, -0.2) is 0 Å². The fourth-order valence-corrected chi connectivity index (χ4v) is 2.85. The van der Waals surface area contributed by atoms with E-state index < -0.39 is 11.6 Å². The Hall–Kier alpha value is -2.46. The average molecular weight is 308 g/mol. The maximum absolute atomic E-state index is 13.1. The van der Waals surface area contributed by atoms with Gasteiger partial charge in [0, 0.05) is 22.2 Å². The number of hydrogen-bond acceptors (Lipinski definition) is 3. The first-order chi connectivity index (χ1) is 10.9. The Balaban J connectivity index is 2.32. The van der Waals surface area contributed by atoms with Crippen molar-refractivity contribution in [3.63, 3.8) is 0 Å². The minimum absolute atomic E-state index is 0.426. The molecule has 0 N–H and O–H groups in total. The van der Waals surface area contributed by atoms with E-state index in [1.54, 1.807) is 20.8 Å². The summed E-state index contributed by atoms with van der Waals surface area (Å²) in [4.78, 5) is 13.0. The molecular weight excluding hydrogens is 288 g/mol. The summed E-state index contributed by atoms with van der Waals surface area (Å²) < 4.78 is 0.978. The third-order valence-electron chi connectivity index (χ3n) is 4.64. The Kier molecular flexibility index (Phi) is 3.78. The van der Waals surface area contributed by atoms with Crippen molar-refractivity contribution in [1.29, 1.82) is 0 Å². The first kappa shape index (κ1) is 15.4. The Morgan fingerprint density at radius 2 is 1.43 bits per heavy atom. The molecule has 0 saturated carbocycles. The number of rotatable bonds is 2. The third-order valence-corrected chi connectivity index (χ3v) is 4.64. The fourth-order valence-electron chi connectivity index (χ4n) is 2.85. The average Bonchev–Trinajstić information content (AvgIpc) is 2.58. The molecular formula is C19H20N2O2. The normalized spacial score (nSPS) is 20.8. The van der Waals surface area contributed by atoms with Crippen LogP contribution in [-0.2, 0) is 0 Å². The minimum Gasteiger partial charge on any atom is -0.758 e.